The molecule has 3 heteroatoms. The minimum atomic E-state index is -0.536. The van der Waals surface area contributed by atoms with Gasteiger partial charge in [-0.05, 0) is 24.8 Å². The number of aliphatic hydroxyl groups excluding tert-OH is 2. The highest BCUT2D eigenvalue weighted by Gasteiger charge is 2.29. The topological polar surface area (TPSA) is 57.5 Å². The lowest BCUT2D eigenvalue weighted by molar-refractivity contribution is -0.119. The number of benzene rings is 1. The Morgan fingerprint density at radius 2 is 2.05 bits per heavy atom. The van der Waals surface area contributed by atoms with Crippen LogP contribution in [0.4, 0.5) is 0 Å². The highest BCUT2D eigenvalue weighted by atomic mass is 16.3. The fourth-order valence-corrected chi connectivity index (χ4v) is 2.40. The number of carbonyl (C=O) groups excluding carboxylic acids is 1. The third-order valence-electron chi connectivity index (χ3n) is 3.51. The summed E-state index contributed by atoms with van der Waals surface area (Å²) in [5, 5.41) is 19.2. The maximum absolute atomic E-state index is 11.5. The van der Waals surface area contributed by atoms with E-state index in [4.69, 9.17) is 0 Å². The molecule has 2 rings (SSSR count). The summed E-state index contributed by atoms with van der Waals surface area (Å²) in [5.41, 5.74) is 1.20. The van der Waals surface area contributed by atoms with Crippen molar-refractivity contribution in [1.82, 2.24) is 0 Å². The molecule has 102 valence electrons. The van der Waals surface area contributed by atoms with Gasteiger partial charge in [-0.3, -0.25) is 4.79 Å². The summed E-state index contributed by atoms with van der Waals surface area (Å²) >= 11 is 0. The van der Waals surface area contributed by atoms with Crippen LogP contribution in [0.3, 0.4) is 0 Å². The highest BCUT2D eigenvalue weighted by Crippen LogP contribution is 2.23. The Kier molecular flexibility index (Phi) is 4.88. The summed E-state index contributed by atoms with van der Waals surface area (Å²) in [5.74, 6) is -0.152. The van der Waals surface area contributed by atoms with Crippen molar-refractivity contribution >= 4 is 5.78 Å². The Bertz CT molecular complexity index is 439. The smallest absolute Gasteiger partial charge is 0.142 e. The van der Waals surface area contributed by atoms with Crippen LogP contribution in [-0.4, -0.2) is 28.2 Å². The van der Waals surface area contributed by atoms with E-state index in [-0.39, 0.29) is 18.1 Å². The lowest BCUT2D eigenvalue weighted by atomic mass is 10.0. The first kappa shape index (κ1) is 14.0. The second kappa shape index (κ2) is 6.64. The fraction of sp³-hybridized carbons (Fsp3) is 0.438. The van der Waals surface area contributed by atoms with Crippen LogP contribution in [0.2, 0.25) is 0 Å². The minimum absolute atomic E-state index is 0.0685. The Morgan fingerprint density at radius 1 is 1.32 bits per heavy atom. The average Bonchev–Trinajstić information content (AvgIpc) is 2.73. The van der Waals surface area contributed by atoms with Crippen molar-refractivity contribution in [2.45, 2.75) is 37.9 Å². The van der Waals surface area contributed by atoms with Gasteiger partial charge in [0.15, 0.2) is 0 Å². The molecule has 2 N–H and O–H groups in total. The van der Waals surface area contributed by atoms with Gasteiger partial charge in [-0.25, -0.2) is 0 Å². The second-order valence-corrected chi connectivity index (χ2v) is 5.14. The predicted octanol–water partition coefficient (Wildman–Crippen LogP) is 1.88. The van der Waals surface area contributed by atoms with Crippen molar-refractivity contribution in [3.63, 3.8) is 0 Å². The second-order valence-electron chi connectivity index (χ2n) is 5.14. The Balaban J connectivity index is 1.78. The van der Waals surface area contributed by atoms with Crippen molar-refractivity contribution < 1.29 is 15.0 Å². The molecular weight excluding hydrogens is 240 g/mol. The third kappa shape index (κ3) is 4.30. The largest absolute Gasteiger partial charge is 0.393 e. The van der Waals surface area contributed by atoms with E-state index in [2.05, 4.69) is 0 Å². The van der Waals surface area contributed by atoms with E-state index in [9.17, 15) is 15.0 Å². The van der Waals surface area contributed by atoms with E-state index >= 15 is 0 Å². The molecule has 1 aromatic carbocycles. The SMILES string of the molecule is O=C1CC(O)C[C@H]1/C=C/C(O)CCc1ccccc1. The molecule has 0 heterocycles. The number of aliphatic hydroxyl groups is 2. The first-order valence-corrected chi connectivity index (χ1v) is 6.76. The summed E-state index contributed by atoms with van der Waals surface area (Å²) in [6.07, 6.45) is 4.57. The van der Waals surface area contributed by atoms with Crippen LogP contribution in [0.1, 0.15) is 24.8 Å². The molecule has 1 aliphatic carbocycles. The minimum Gasteiger partial charge on any atom is -0.393 e. The van der Waals surface area contributed by atoms with Gasteiger partial charge in [0.25, 0.3) is 0 Å². The molecule has 1 aromatic rings. The monoisotopic (exact) mass is 260 g/mol. The van der Waals surface area contributed by atoms with E-state index < -0.39 is 12.2 Å². The van der Waals surface area contributed by atoms with Crippen molar-refractivity contribution in [3.05, 3.63) is 48.0 Å². The summed E-state index contributed by atoms with van der Waals surface area (Å²) in [4.78, 5) is 11.5. The molecule has 0 radical (unpaired) electrons. The number of aryl methyl sites for hydroxylation is 1. The fourth-order valence-electron chi connectivity index (χ4n) is 2.40. The van der Waals surface area contributed by atoms with E-state index in [0.717, 1.165) is 6.42 Å². The number of hydrogen-bond donors (Lipinski definition) is 2. The standard InChI is InChI=1S/C16H20O3/c17-14(8-6-12-4-2-1-3-5-12)9-7-13-10-15(18)11-16(13)19/h1-5,7,9,13-15,17-18H,6,8,10-11H2/b9-7+/t13-,14?,15?/m1/s1. The maximum Gasteiger partial charge on any atom is 0.142 e. The van der Waals surface area contributed by atoms with Crippen LogP contribution in [0, 0.1) is 5.92 Å². The van der Waals surface area contributed by atoms with Crippen LogP contribution >= 0.6 is 0 Å². The van der Waals surface area contributed by atoms with Crippen LogP contribution in [0.15, 0.2) is 42.5 Å². The van der Waals surface area contributed by atoms with Crippen molar-refractivity contribution in [1.29, 1.82) is 0 Å². The molecule has 0 aliphatic heterocycles. The van der Waals surface area contributed by atoms with E-state index in [1.807, 2.05) is 30.3 Å². The van der Waals surface area contributed by atoms with Crippen LogP contribution in [0.25, 0.3) is 0 Å². The molecule has 0 bridgehead atoms. The van der Waals surface area contributed by atoms with Gasteiger partial charge in [0.2, 0.25) is 0 Å². The van der Waals surface area contributed by atoms with Crippen LogP contribution in [0.5, 0.6) is 0 Å². The van der Waals surface area contributed by atoms with E-state index in [1.54, 1.807) is 12.2 Å². The molecule has 19 heavy (non-hydrogen) atoms. The van der Waals surface area contributed by atoms with Crippen LogP contribution in [-0.2, 0) is 11.2 Å². The highest BCUT2D eigenvalue weighted by molar-refractivity contribution is 5.85. The van der Waals surface area contributed by atoms with Gasteiger partial charge < -0.3 is 10.2 Å². The molecule has 0 saturated heterocycles. The zero-order valence-electron chi connectivity index (χ0n) is 10.9. The normalized spacial score (nSPS) is 25.1. The number of rotatable bonds is 5. The first-order chi connectivity index (χ1) is 9.15. The van der Waals surface area contributed by atoms with Gasteiger partial charge in [-0.1, -0.05) is 42.5 Å². The predicted molar refractivity (Wildman–Crippen MR) is 73.6 cm³/mol. The molecular formula is C16H20O3. The number of hydrogen-bond acceptors (Lipinski definition) is 3. The first-order valence-electron chi connectivity index (χ1n) is 6.76. The maximum atomic E-state index is 11.5. The molecule has 1 aliphatic rings. The molecule has 3 nitrogen and oxygen atoms in total. The van der Waals surface area contributed by atoms with E-state index in [0.29, 0.717) is 12.8 Å². The summed E-state index contributed by atoms with van der Waals surface area (Å²) in [6.45, 7) is 0. The number of ketones is 1. The molecule has 0 aromatic heterocycles. The Morgan fingerprint density at radius 3 is 2.68 bits per heavy atom. The van der Waals surface area contributed by atoms with E-state index in [1.165, 1.54) is 5.56 Å². The summed E-state index contributed by atoms with van der Waals surface area (Å²) < 4.78 is 0. The lowest BCUT2D eigenvalue weighted by Gasteiger charge is -2.07. The molecule has 0 amide bonds. The van der Waals surface area contributed by atoms with Crippen molar-refractivity contribution in [3.8, 4) is 0 Å². The van der Waals surface area contributed by atoms with Gasteiger partial charge in [0.1, 0.15) is 5.78 Å². The van der Waals surface area contributed by atoms with Gasteiger partial charge in [-0.15, -0.1) is 0 Å². The quantitative estimate of drug-likeness (QED) is 0.795. The summed E-state index contributed by atoms with van der Waals surface area (Å²) in [7, 11) is 0. The van der Waals surface area contributed by atoms with Crippen LogP contribution < -0.4 is 0 Å². The average molecular weight is 260 g/mol. The number of allylic oxidation sites excluding steroid dienone is 1. The number of carbonyl (C=O) groups is 1. The number of Topliss-reactive ketones (excluding diaryl/α,β-unsaturated/α-hetero) is 1. The zero-order valence-corrected chi connectivity index (χ0v) is 10.9. The molecule has 1 saturated carbocycles. The molecule has 3 atom stereocenters. The Hall–Kier alpha value is -1.45. The van der Waals surface area contributed by atoms with Gasteiger partial charge in [-0.2, -0.15) is 0 Å². The molecule has 0 spiro atoms. The summed E-state index contributed by atoms with van der Waals surface area (Å²) in [6, 6.07) is 10.0. The molecule has 2 unspecified atom stereocenters. The van der Waals surface area contributed by atoms with Crippen molar-refractivity contribution in [2.75, 3.05) is 0 Å². The van der Waals surface area contributed by atoms with Gasteiger partial charge >= 0.3 is 0 Å². The lowest BCUT2D eigenvalue weighted by Crippen LogP contribution is -2.07. The molecule has 1 fully saturated rings. The Labute approximate surface area is 113 Å². The van der Waals surface area contributed by atoms with Gasteiger partial charge in [0, 0.05) is 12.3 Å². The van der Waals surface area contributed by atoms with Crippen molar-refractivity contribution in [2.24, 2.45) is 5.92 Å². The zero-order chi connectivity index (χ0) is 13.7. The third-order valence-corrected chi connectivity index (χ3v) is 3.51. The van der Waals surface area contributed by atoms with Gasteiger partial charge in [0.05, 0.1) is 12.2 Å².